The van der Waals surface area contributed by atoms with Crippen LogP contribution in [0.2, 0.25) is 0 Å². The second kappa shape index (κ2) is 6.04. The van der Waals surface area contributed by atoms with Crippen molar-refractivity contribution in [3.05, 3.63) is 0 Å². The monoisotopic (exact) mass is 255 g/mol. The second-order valence-corrected chi connectivity index (χ2v) is 4.83. The van der Waals surface area contributed by atoms with E-state index in [0.717, 1.165) is 32.5 Å². The third-order valence-electron chi connectivity index (χ3n) is 3.47. The minimum absolute atomic E-state index is 0.122. The number of carbonyl (C=O) groups is 2. The van der Waals surface area contributed by atoms with Gasteiger partial charge in [-0.2, -0.15) is 0 Å². The van der Waals surface area contributed by atoms with Crippen LogP contribution in [0.3, 0.4) is 0 Å². The van der Waals surface area contributed by atoms with Gasteiger partial charge in [0.05, 0.1) is 6.61 Å². The molecule has 6 nitrogen and oxygen atoms in total. The van der Waals surface area contributed by atoms with Gasteiger partial charge in [0.25, 0.3) is 0 Å². The molecule has 102 valence electrons. The lowest BCUT2D eigenvalue weighted by Crippen LogP contribution is -2.48. The number of ether oxygens (including phenoxy) is 1. The van der Waals surface area contributed by atoms with Gasteiger partial charge in [-0.3, -0.25) is 4.79 Å². The van der Waals surface area contributed by atoms with Gasteiger partial charge in [-0.1, -0.05) is 0 Å². The van der Waals surface area contributed by atoms with Crippen molar-refractivity contribution in [3.8, 4) is 0 Å². The van der Waals surface area contributed by atoms with E-state index in [0.29, 0.717) is 19.1 Å². The smallest absolute Gasteiger partial charge is 0.409 e. The van der Waals surface area contributed by atoms with Crippen LogP contribution in [0.5, 0.6) is 0 Å². The molecule has 2 heterocycles. The first-order valence-electron chi connectivity index (χ1n) is 6.63. The summed E-state index contributed by atoms with van der Waals surface area (Å²) in [5, 5.41) is 6.29. The van der Waals surface area contributed by atoms with Gasteiger partial charge < -0.3 is 20.3 Å². The molecule has 0 radical (unpaired) electrons. The van der Waals surface area contributed by atoms with E-state index in [1.807, 2.05) is 6.92 Å². The van der Waals surface area contributed by atoms with E-state index in [1.165, 1.54) is 0 Å². The average Bonchev–Trinajstić information content (AvgIpc) is 2.76. The molecule has 0 aromatic rings. The molecule has 2 saturated heterocycles. The van der Waals surface area contributed by atoms with Gasteiger partial charge in [0.15, 0.2) is 0 Å². The van der Waals surface area contributed by atoms with E-state index < -0.39 is 0 Å². The third-order valence-corrected chi connectivity index (χ3v) is 3.47. The quantitative estimate of drug-likeness (QED) is 0.749. The van der Waals surface area contributed by atoms with Crippen LogP contribution in [0.1, 0.15) is 26.2 Å². The highest BCUT2D eigenvalue weighted by molar-refractivity contribution is 5.78. The average molecular weight is 255 g/mol. The number of rotatable bonds is 3. The lowest BCUT2D eigenvalue weighted by molar-refractivity contribution is -0.119. The summed E-state index contributed by atoms with van der Waals surface area (Å²) in [6, 6.07) is 0.644. The molecule has 0 aromatic carbocycles. The van der Waals surface area contributed by atoms with Gasteiger partial charge in [-0.15, -0.1) is 0 Å². The van der Waals surface area contributed by atoms with Crippen molar-refractivity contribution in [1.82, 2.24) is 15.5 Å². The summed E-state index contributed by atoms with van der Waals surface area (Å²) < 4.78 is 4.98. The summed E-state index contributed by atoms with van der Waals surface area (Å²) in [7, 11) is 0. The zero-order valence-electron chi connectivity index (χ0n) is 10.8. The molecular weight excluding hydrogens is 234 g/mol. The number of amides is 2. The SMILES string of the molecule is CCOC(=O)N1CCC(NC2CNC(=O)C2)CC1. The minimum Gasteiger partial charge on any atom is -0.450 e. The Bertz CT molecular complexity index is 314. The Morgan fingerprint density at radius 3 is 2.72 bits per heavy atom. The van der Waals surface area contributed by atoms with Gasteiger partial charge >= 0.3 is 6.09 Å². The highest BCUT2D eigenvalue weighted by Crippen LogP contribution is 2.13. The maximum Gasteiger partial charge on any atom is 0.409 e. The molecule has 0 aliphatic carbocycles. The van der Waals surface area contributed by atoms with E-state index in [9.17, 15) is 9.59 Å². The van der Waals surface area contributed by atoms with Crippen molar-refractivity contribution in [3.63, 3.8) is 0 Å². The summed E-state index contributed by atoms with van der Waals surface area (Å²) in [4.78, 5) is 24.4. The van der Waals surface area contributed by atoms with Crippen LogP contribution in [0, 0.1) is 0 Å². The highest BCUT2D eigenvalue weighted by atomic mass is 16.6. The van der Waals surface area contributed by atoms with Crippen molar-refractivity contribution >= 4 is 12.0 Å². The molecule has 0 saturated carbocycles. The van der Waals surface area contributed by atoms with Crippen LogP contribution >= 0.6 is 0 Å². The summed E-state index contributed by atoms with van der Waals surface area (Å²) in [5.41, 5.74) is 0. The van der Waals surface area contributed by atoms with Gasteiger partial charge in [0, 0.05) is 38.1 Å². The van der Waals surface area contributed by atoms with Gasteiger partial charge in [-0.25, -0.2) is 4.79 Å². The van der Waals surface area contributed by atoms with Crippen LogP contribution in [-0.2, 0) is 9.53 Å². The predicted molar refractivity (Wildman–Crippen MR) is 66.2 cm³/mol. The Morgan fingerprint density at radius 1 is 1.44 bits per heavy atom. The maximum absolute atomic E-state index is 11.5. The number of hydrogen-bond donors (Lipinski definition) is 2. The molecule has 18 heavy (non-hydrogen) atoms. The number of likely N-dealkylation sites (tertiary alicyclic amines) is 1. The Hall–Kier alpha value is -1.30. The van der Waals surface area contributed by atoms with Crippen molar-refractivity contribution in [2.75, 3.05) is 26.2 Å². The fraction of sp³-hybridized carbons (Fsp3) is 0.833. The molecule has 0 aromatic heterocycles. The summed E-state index contributed by atoms with van der Waals surface area (Å²) in [6.45, 7) is 4.41. The Labute approximate surface area is 107 Å². The Morgan fingerprint density at radius 2 is 2.17 bits per heavy atom. The molecule has 2 fully saturated rings. The van der Waals surface area contributed by atoms with Crippen LogP contribution in [0.4, 0.5) is 4.79 Å². The number of nitrogens with one attached hydrogen (secondary N) is 2. The van der Waals surface area contributed by atoms with Crippen molar-refractivity contribution in [2.45, 2.75) is 38.3 Å². The Kier molecular flexibility index (Phi) is 4.41. The zero-order valence-corrected chi connectivity index (χ0v) is 10.8. The van der Waals surface area contributed by atoms with Crippen LogP contribution in [-0.4, -0.2) is 55.2 Å². The molecule has 2 amide bonds. The number of carbonyl (C=O) groups excluding carboxylic acids is 2. The maximum atomic E-state index is 11.5. The number of nitrogens with zero attached hydrogens (tertiary/aromatic N) is 1. The van der Waals surface area contributed by atoms with Gasteiger partial charge in [0.1, 0.15) is 0 Å². The molecule has 1 unspecified atom stereocenters. The van der Waals surface area contributed by atoms with Crippen molar-refractivity contribution in [1.29, 1.82) is 0 Å². The normalized spacial score (nSPS) is 25.1. The van der Waals surface area contributed by atoms with E-state index >= 15 is 0 Å². The summed E-state index contributed by atoms with van der Waals surface area (Å²) in [6.07, 6.45) is 2.19. The first kappa shape index (κ1) is 13.1. The third kappa shape index (κ3) is 3.35. The second-order valence-electron chi connectivity index (χ2n) is 4.83. The Balaban J connectivity index is 1.70. The first-order chi connectivity index (χ1) is 8.69. The van der Waals surface area contributed by atoms with E-state index in [1.54, 1.807) is 4.90 Å². The summed E-state index contributed by atoms with van der Waals surface area (Å²) >= 11 is 0. The highest BCUT2D eigenvalue weighted by Gasteiger charge is 2.27. The molecule has 0 bridgehead atoms. The summed E-state index contributed by atoms with van der Waals surface area (Å²) in [5.74, 6) is 0.122. The molecule has 0 spiro atoms. The van der Waals surface area contributed by atoms with Gasteiger partial charge in [0.2, 0.25) is 5.91 Å². The number of hydrogen-bond acceptors (Lipinski definition) is 4. The fourth-order valence-corrected chi connectivity index (χ4v) is 2.50. The van der Waals surface area contributed by atoms with E-state index in [-0.39, 0.29) is 18.0 Å². The minimum atomic E-state index is -0.214. The van der Waals surface area contributed by atoms with Crippen molar-refractivity contribution < 1.29 is 14.3 Å². The molecule has 2 aliphatic rings. The van der Waals surface area contributed by atoms with Crippen LogP contribution < -0.4 is 10.6 Å². The zero-order chi connectivity index (χ0) is 13.0. The molecule has 2 aliphatic heterocycles. The fourth-order valence-electron chi connectivity index (χ4n) is 2.50. The largest absolute Gasteiger partial charge is 0.450 e. The molecule has 2 rings (SSSR count). The van der Waals surface area contributed by atoms with Crippen molar-refractivity contribution in [2.24, 2.45) is 0 Å². The van der Waals surface area contributed by atoms with E-state index in [4.69, 9.17) is 4.74 Å². The van der Waals surface area contributed by atoms with Gasteiger partial charge in [-0.05, 0) is 19.8 Å². The first-order valence-corrected chi connectivity index (χ1v) is 6.63. The predicted octanol–water partition coefficient (Wildman–Crippen LogP) is 0.0854. The van der Waals surface area contributed by atoms with Crippen LogP contribution in [0.25, 0.3) is 0 Å². The molecule has 6 heteroatoms. The molecule has 2 N–H and O–H groups in total. The molecule has 1 atom stereocenters. The lowest BCUT2D eigenvalue weighted by atomic mass is 10.0. The van der Waals surface area contributed by atoms with E-state index in [2.05, 4.69) is 10.6 Å². The van der Waals surface area contributed by atoms with Crippen LogP contribution in [0.15, 0.2) is 0 Å². The standard InChI is InChI=1S/C12H21N3O3/c1-2-18-12(17)15-5-3-9(4-6-15)14-10-7-11(16)13-8-10/h9-10,14H,2-8H2,1H3,(H,13,16). The molecular formula is C12H21N3O3. The number of piperidine rings is 1. The lowest BCUT2D eigenvalue weighted by Gasteiger charge is -2.32. The topological polar surface area (TPSA) is 70.7 Å².